The molecule has 0 heterocycles. The number of hydrogen-bond donors (Lipinski definition) is 1. The molecule has 3 nitrogen and oxygen atoms in total. The second-order valence-electron chi connectivity index (χ2n) is 8.62. The van der Waals surface area contributed by atoms with Crippen LogP contribution in [0, 0.1) is 34.5 Å². The summed E-state index contributed by atoms with van der Waals surface area (Å²) in [6.45, 7) is 12.0. The molecular weight excluding hydrogens is 288 g/mol. The van der Waals surface area contributed by atoms with Crippen molar-refractivity contribution in [2.24, 2.45) is 34.5 Å². The maximum absolute atomic E-state index is 12.9. The maximum atomic E-state index is 12.9. The first kappa shape index (κ1) is 16.6. The Morgan fingerprint density at radius 1 is 1.26 bits per heavy atom. The molecule has 6 atom stereocenters. The van der Waals surface area contributed by atoms with Gasteiger partial charge in [0, 0.05) is 11.3 Å². The van der Waals surface area contributed by atoms with Gasteiger partial charge in [-0.1, -0.05) is 40.3 Å². The maximum Gasteiger partial charge on any atom is 0.167 e. The van der Waals surface area contributed by atoms with E-state index in [-0.39, 0.29) is 34.7 Å². The highest BCUT2D eigenvalue weighted by molar-refractivity contribution is 5.96. The van der Waals surface area contributed by atoms with Gasteiger partial charge in [0.25, 0.3) is 0 Å². The van der Waals surface area contributed by atoms with E-state index in [2.05, 4.69) is 20.4 Å². The van der Waals surface area contributed by atoms with Gasteiger partial charge in [-0.3, -0.25) is 9.59 Å². The summed E-state index contributed by atoms with van der Waals surface area (Å²) in [6.07, 6.45) is 4.94. The number of rotatable bonds is 1. The largest absolute Gasteiger partial charge is 0.385 e. The fourth-order valence-corrected chi connectivity index (χ4v) is 6.08. The van der Waals surface area contributed by atoms with E-state index in [1.54, 1.807) is 12.2 Å². The van der Waals surface area contributed by atoms with Crippen LogP contribution in [0.3, 0.4) is 0 Å². The Bertz CT molecular complexity index is 600. The van der Waals surface area contributed by atoms with Gasteiger partial charge in [-0.25, -0.2) is 0 Å². The highest BCUT2D eigenvalue weighted by Gasteiger charge is 2.62. The SMILES string of the molecule is C=CC1=CC(=O)[C@@H]2[C@H](CC[C@@H]3C(C)(C)C(=O)[C@H](O)C[C@@]23C)[C@@H]1C. The summed E-state index contributed by atoms with van der Waals surface area (Å²) in [5.74, 6) is 0.761. The molecule has 2 saturated carbocycles. The number of allylic oxidation sites excluding steroid dienone is 3. The van der Waals surface area contributed by atoms with Crippen molar-refractivity contribution in [2.75, 3.05) is 0 Å². The third-order valence-corrected chi connectivity index (χ3v) is 7.18. The molecule has 23 heavy (non-hydrogen) atoms. The highest BCUT2D eigenvalue weighted by atomic mass is 16.3. The van der Waals surface area contributed by atoms with E-state index in [1.807, 2.05) is 13.8 Å². The lowest BCUT2D eigenvalue weighted by Crippen LogP contribution is -2.61. The van der Waals surface area contributed by atoms with Crippen molar-refractivity contribution in [1.82, 2.24) is 0 Å². The molecule has 0 radical (unpaired) electrons. The normalized spacial score (nSPS) is 45.8. The molecule has 2 fully saturated rings. The summed E-state index contributed by atoms with van der Waals surface area (Å²) in [7, 11) is 0. The quantitative estimate of drug-likeness (QED) is 0.807. The van der Waals surface area contributed by atoms with E-state index in [0.717, 1.165) is 18.4 Å². The Hall–Kier alpha value is -1.22. The fourth-order valence-electron chi connectivity index (χ4n) is 6.08. The minimum Gasteiger partial charge on any atom is -0.385 e. The zero-order valence-electron chi connectivity index (χ0n) is 14.6. The van der Waals surface area contributed by atoms with Crippen molar-refractivity contribution < 1.29 is 14.7 Å². The number of fused-ring (bicyclic) bond motifs is 3. The predicted molar refractivity (Wildman–Crippen MR) is 89.7 cm³/mol. The first-order valence-corrected chi connectivity index (χ1v) is 8.75. The van der Waals surface area contributed by atoms with Crippen molar-refractivity contribution in [3.8, 4) is 0 Å². The predicted octanol–water partition coefficient (Wildman–Crippen LogP) is 3.33. The molecular formula is C20H28O3. The Labute approximate surface area is 138 Å². The summed E-state index contributed by atoms with van der Waals surface area (Å²) >= 11 is 0. The molecule has 1 N–H and O–H groups in total. The number of aliphatic hydroxyl groups is 1. The highest BCUT2D eigenvalue weighted by Crippen LogP contribution is 2.62. The van der Waals surface area contributed by atoms with E-state index in [0.29, 0.717) is 12.3 Å². The number of hydrogen-bond acceptors (Lipinski definition) is 3. The summed E-state index contributed by atoms with van der Waals surface area (Å²) in [5.41, 5.74) is 0.155. The van der Waals surface area contributed by atoms with Crippen LogP contribution in [0.25, 0.3) is 0 Å². The van der Waals surface area contributed by atoms with E-state index in [1.165, 1.54) is 0 Å². The second kappa shape index (κ2) is 5.14. The zero-order chi connectivity index (χ0) is 17.2. The van der Waals surface area contributed by atoms with Crippen LogP contribution >= 0.6 is 0 Å². The van der Waals surface area contributed by atoms with Crippen LogP contribution in [0.4, 0.5) is 0 Å². The van der Waals surface area contributed by atoms with Gasteiger partial charge in [-0.05, 0) is 54.1 Å². The van der Waals surface area contributed by atoms with Crippen LogP contribution in [-0.4, -0.2) is 22.8 Å². The topological polar surface area (TPSA) is 54.4 Å². The third kappa shape index (κ3) is 2.12. The van der Waals surface area contributed by atoms with Crippen LogP contribution in [0.15, 0.2) is 24.3 Å². The van der Waals surface area contributed by atoms with Crippen LogP contribution in [0.5, 0.6) is 0 Å². The van der Waals surface area contributed by atoms with Crippen molar-refractivity contribution in [3.63, 3.8) is 0 Å². The summed E-state index contributed by atoms with van der Waals surface area (Å²) in [6, 6.07) is 0. The number of ketones is 2. The molecule has 3 heteroatoms. The van der Waals surface area contributed by atoms with Gasteiger partial charge < -0.3 is 5.11 Å². The molecule has 3 aliphatic rings. The first-order chi connectivity index (χ1) is 10.6. The Kier molecular flexibility index (Phi) is 3.72. The molecule has 0 aromatic carbocycles. The summed E-state index contributed by atoms with van der Waals surface area (Å²) in [4.78, 5) is 25.4. The average Bonchev–Trinajstić information content (AvgIpc) is 2.47. The second-order valence-corrected chi connectivity index (χ2v) is 8.62. The number of carbonyl (C=O) groups is 2. The van der Waals surface area contributed by atoms with Gasteiger partial charge in [0.2, 0.25) is 0 Å². The standard InChI is InChI=1S/C20H28O3/c1-6-12-9-14(21)17-13(11(12)2)7-8-16-19(3,4)18(23)15(22)10-20(16,17)5/h6,9,11,13,15-17,22H,1,7-8,10H2,2-5H3/t11-,13-,15-,16-,17+,20-/m1/s1. The molecule has 0 saturated heterocycles. The van der Waals surface area contributed by atoms with Crippen LogP contribution in [0.2, 0.25) is 0 Å². The van der Waals surface area contributed by atoms with E-state index >= 15 is 0 Å². The van der Waals surface area contributed by atoms with Gasteiger partial charge in [-0.15, -0.1) is 0 Å². The van der Waals surface area contributed by atoms with E-state index in [9.17, 15) is 14.7 Å². The Balaban J connectivity index is 2.08. The molecule has 0 spiro atoms. The minimum absolute atomic E-state index is 0.0583. The smallest absolute Gasteiger partial charge is 0.167 e. The van der Waals surface area contributed by atoms with Crippen molar-refractivity contribution in [1.29, 1.82) is 0 Å². The zero-order valence-corrected chi connectivity index (χ0v) is 14.6. The van der Waals surface area contributed by atoms with Crippen LogP contribution in [-0.2, 0) is 9.59 Å². The number of Topliss-reactive ketones (excluding diaryl/α,β-unsaturated/α-hetero) is 1. The van der Waals surface area contributed by atoms with Crippen LogP contribution in [0.1, 0.15) is 47.0 Å². The molecule has 0 bridgehead atoms. The molecule has 0 aliphatic heterocycles. The molecule has 0 unspecified atom stereocenters. The molecule has 0 aromatic rings. The third-order valence-electron chi connectivity index (χ3n) is 7.18. The first-order valence-electron chi connectivity index (χ1n) is 8.75. The monoisotopic (exact) mass is 316 g/mol. The van der Waals surface area contributed by atoms with Gasteiger partial charge >= 0.3 is 0 Å². The Morgan fingerprint density at radius 2 is 1.91 bits per heavy atom. The summed E-state index contributed by atoms with van der Waals surface area (Å²) < 4.78 is 0. The molecule has 3 rings (SSSR count). The van der Waals surface area contributed by atoms with Crippen molar-refractivity contribution in [2.45, 2.75) is 53.1 Å². The van der Waals surface area contributed by atoms with E-state index < -0.39 is 11.5 Å². The number of aliphatic hydroxyl groups excluding tert-OH is 1. The molecule has 3 aliphatic carbocycles. The van der Waals surface area contributed by atoms with Gasteiger partial charge in [0.15, 0.2) is 11.6 Å². The summed E-state index contributed by atoms with van der Waals surface area (Å²) in [5, 5.41) is 10.4. The lowest BCUT2D eigenvalue weighted by atomic mass is 9.43. The minimum atomic E-state index is -0.946. The molecule has 0 aromatic heterocycles. The Morgan fingerprint density at radius 3 is 2.52 bits per heavy atom. The van der Waals surface area contributed by atoms with Crippen molar-refractivity contribution in [3.05, 3.63) is 24.3 Å². The lowest BCUT2D eigenvalue weighted by molar-refractivity contribution is -0.173. The van der Waals surface area contributed by atoms with Crippen LogP contribution < -0.4 is 0 Å². The fraction of sp³-hybridized carbons (Fsp3) is 0.700. The lowest BCUT2D eigenvalue weighted by Gasteiger charge is -2.60. The molecule has 0 amide bonds. The molecule has 126 valence electrons. The average molecular weight is 316 g/mol. The number of carbonyl (C=O) groups excluding carboxylic acids is 2. The van der Waals surface area contributed by atoms with Gasteiger partial charge in [-0.2, -0.15) is 0 Å². The van der Waals surface area contributed by atoms with E-state index in [4.69, 9.17) is 0 Å². The van der Waals surface area contributed by atoms with Crippen molar-refractivity contribution >= 4 is 11.6 Å². The van der Waals surface area contributed by atoms with Gasteiger partial charge in [0.05, 0.1) is 0 Å². The van der Waals surface area contributed by atoms with Gasteiger partial charge in [0.1, 0.15) is 6.10 Å².